The maximum atomic E-state index is 12.0. The number of urea groups is 1. The van der Waals surface area contributed by atoms with Crippen molar-refractivity contribution in [1.82, 2.24) is 25.2 Å². The Kier molecular flexibility index (Phi) is 7.09. The number of pyridine rings is 2. The van der Waals surface area contributed by atoms with Crippen LogP contribution in [0.15, 0.2) is 54.9 Å². The molecule has 3 N–H and O–H groups in total. The third-order valence-electron chi connectivity index (χ3n) is 4.81. The summed E-state index contributed by atoms with van der Waals surface area (Å²) in [6.45, 7) is 2.67. The van der Waals surface area contributed by atoms with Crippen molar-refractivity contribution in [2.75, 3.05) is 37.8 Å². The molecule has 34 heavy (non-hydrogen) atoms. The van der Waals surface area contributed by atoms with Crippen LogP contribution >= 0.6 is 11.3 Å². The van der Waals surface area contributed by atoms with Gasteiger partial charge in [0.05, 0.1) is 22.5 Å². The SMILES string of the molecule is CCNC(=O)Nc1nc2cc(-c3ccc(NC(=O)CN(C)C)nc3)cc(-c3ccccn3)c2s1. The van der Waals surface area contributed by atoms with E-state index in [1.807, 2.05) is 57.4 Å². The molecular formula is C24H25N7O2S. The molecule has 0 radical (unpaired) electrons. The normalized spacial score (nSPS) is 10.9. The Hall–Kier alpha value is -3.89. The zero-order valence-corrected chi connectivity index (χ0v) is 19.9. The van der Waals surface area contributed by atoms with Crippen LogP contribution in [0.4, 0.5) is 15.7 Å². The summed E-state index contributed by atoms with van der Waals surface area (Å²) >= 11 is 1.40. The van der Waals surface area contributed by atoms with Gasteiger partial charge in [0.25, 0.3) is 0 Å². The lowest BCUT2D eigenvalue weighted by Gasteiger charge is -2.10. The van der Waals surface area contributed by atoms with Gasteiger partial charge < -0.3 is 15.5 Å². The van der Waals surface area contributed by atoms with E-state index >= 15 is 0 Å². The van der Waals surface area contributed by atoms with Gasteiger partial charge in [0.2, 0.25) is 5.91 Å². The molecule has 0 atom stereocenters. The van der Waals surface area contributed by atoms with E-state index in [2.05, 4.69) is 30.9 Å². The summed E-state index contributed by atoms with van der Waals surface area (Å²) in [4.78, 5) is 39.3. The Morgan fingerprint density at radius 2 is 1.88 bits per heavy atom. The molecule has 0 aliphatic carbocycles. The fourth-order valence-corrected chi connectivity index (χ4v) is 4.34. The zero-order valence-electron chi connectivity index (χ0n) is 19.1. The number of anilines is 2. The van der Waals surface area contributed by atoms with Gasteiger partial charge in [-0.3, -0.25) is 15.1 Å². The Labute approximate surface area is 201 Å². The zero-order chi connectivity index (χ0) is 24.1. The van der Waals surface area contributed by atoms with Crippen molar-refractivity contribution in [3.05, 3.63) is 54.9 Å². The van der Waals surface area contributed by atoms with Gasteiger partial charge in [-0.25, -0.2) is 14.8 Å². The number of aromatic nitrogens is 3. The molecule has 0 fully saturated rings. The van der Waals surface area contributed by atoms with Gasteiger partial charge >= 0.3 is 6.03 Å². The second kappa shape index (κ2) is 10.4. The van der Waals surface area contributed by atoms with Gasteiger partial charge in [0.15, 0.2) is 5.13 Å². The van der Waals surface area contributed by atoms with Gasteiger partial charge in [-0.2, -0.15) is 0 Å². The van der Waals surface area contributed by atoms with E-state index < -0.39 is 0 Å². The minimum Gasteiger partial charge on any atom is -0.338 e. The van der Waals surface area contributed by atoms with E-state index in [4.69, 9.17) is 0 Å². The summed E-state index contributed by atoms with van der Waals surface area (Å²) in [5.41, 5.74) is 4.25. The topological polar surface area (TPSA) is 112 Å². The lowest BCUT2D eigenvalue weighted by atomic mass is 10.0. The number of amides is 3. The lowest BCUT2D eigenvalue weighted by Crippen LogP contribution is -2.28. The van der Waals surface area contributed by atoms with E-state index in [0.717, 1.165) is 32.6 Å². The highest BCUT2D eigenvalue weighted by Crippen LogP contribution is 2.38. The first-order valence-corrected chi connectivity index (χ1v) is 11.6. The van der Waals surface area contributed by atoms with E-state index in [1.165, 1.54) is 11.3 Å². The van der Waals surface area contributed by atoms with Crippen molar-refractivity contribution in [3.8, 4) is 22.4 Å². The van der Waals surface area contributed by atoms with Crippen LogP contribution < -0.4 is 16.0 Å². The van der Waals surface area contributed by atoms with Gasteiger partial charge in [-0.15, -0.1) is 0 Å². The maximum Gasteiger partial charge on any atom is 0.321 e. The van der Waals surface area contributed by atoms with Gasteiger partial charge in [0, 0.05) is 30.1 Å². The second-order valence-corrected chi connectivity index (χ2v) is 8.81. The fraction of sp³-hybridized carbons (Fsp3) is 0.208. The minimum absolute atomic E-state index is 0.126. The summed E-state index contributed by atoms with van der Waals surface area (Å²) in [5.74, 6) is 0.363. The predicted molar refractivity (Wildman–Crippen MR) is 136 cm³/mol. The van der Waals surface area contributed by atoms with Gasteiger partial charge in [-0.05, 0) is 63.0 Å². The quantitative estimate of drug-likeness (QED) is 0.372. The lowest BCUT2D eigenvalue weighted by molar-refractivity contribution is -0.116. The highest BCUT2D eigenvalue weighted by Gasteiger charge is 2.15. The fourth-order valence-electron chi connectivity index (χ4n) is 3.38. The number of nitrogens with one attached hydrogen (secondary N) is 3. The molecule has 0 bridgehead atoms. The van der Waals surface area contributed by atoms with Gasteiger partial charge in [-0.1, -0.05) is 17.4 Å². The molecule has 10 heteroatoms. The first-order chi connectivity index (χ1) is 16.4. The second-order valence-electron chi connectivity index (χ2n) is 7.81. The van der Waals surface area contributed by atoms with E-state index in [1.54, 1.807) is 23.4 Å². The predicted octanol–water partition coefficient (Wildman–Crippen LogP) is 4.06. The summed E-state index contributed by atoms with van der Waals surface area (Å²) in [5, 5.41) is 8.80. The first-order valence-electron chi connectivity index (χ1n) is 10.7. The van der Waals surface area contributed by atoms with Crippen molar-refractivity contribution in [2.45, 2.75) is 6.92 Å². The number of rotatable bonds is 7. The molecule has 3 heterocycles. The number of carbonyl (C=O) groups is 2. The van der Waals surface area contributed by atoms with Crippen LogP contribution in [0.2, 0.25) is 0 Å². The first kappa shape index (κ1) is 23.3. The summed E-state index contributed by atoms with van der Waals surface area (Å²) < 4.78 is 0.926. The van der Waals surface area contributed by atoms with Crippen LogP contribution in [0.3, 0.4) is 0 Å². The number of thiazole rings is 1. The number of carbonyl (C=O) groups excluding carboxylic acids is 2. The van der Waals surface area contributed by atoms with Crippen molar-refractivity contribution >= 4 is 44.4 Å². The highest BCUT2D eigenvalue weighted by atomic mass is 32.1. The standard InChI is InChI=1S/C24H25N7O2S/c1-4-25-23(33)30-24-28-19-12-16(11-17(22(19)34-24)18-7-5-6-10-26-18)15-8-9-20(27-13-15)29-21(32)14-31(2)3/h5-13H,4,14H2,1-3H3,(H,27,29,32)(H2,25,28,30,33). The van der Waals surface area contributed by atoms with Crippen LogP contribution in [0, 0.1) is 0 Å². The highest BCUT2D eigenvalue weighted by molar-refractivity contribution is 7.22. The number of likely N-dealkylation sites (N-methyl/N-ethyl adjacent to an activating group) is 1. The van der Waals surface area contributed by atoms with Crippen molar-refractivity contribution in [2.24, 2.45) is 0 Å². The largest absolute Gasteiger partial charge is 0.338 e. The average molecular weight is 476 g/mol. The number of hydrogen-bond acceptors (Lipinski definition) is 7. The van der Waals surface area contributed by atoms with Crippen molar-refractivity contribution in [1.29, 1.82) is 0 Å². The van der Waals surface area contributed by atoms with E-state index in [0.29, 0.717) is 17.5 Å². The summed E-state index contributed by atoms with van der Waals surface area (Å²) in [6, 6.07) is 13.1. The maximum absolute atomic E-state index is 12.0. The molecule has 9 nitrogen and oxygen atoms in total. The Bertz CT molecular complexity index is 1300. The average Bonchev–Trinajstić information content (AvgIpc) is 3.21. The summed E-state index contributed by atoms with van der Waals surface area (Å²) in [6.07, 6.45) is 3.46. The molecule has 4 rings (SSSR count). The molecule has 174 valence electrons. The third-order valence-corrected chi connectivity index (χ3v) is 5.83. The molecule has 0 unspecified atom stereocenters. The smallest absolute Gasteiger partial charge is 0.321 e. The Morgan fingerprint density at radius 3 is 2.56 bits per heavy atom. The molecule has 3 aromatic heterocycles. The molecule has 0 saturated heterocycles. The van der Waals surface area contributed by atoms with Crippen LogP contribution in [0.1, 0.15) is 6.92 Å². The monoisotopic (exact) mass is 475 g/mol. The molecule has 4 aromatic rings. The molecule has 0 aliphatic rings. The van der Waals surface area contributed by atoms with Crippen LogP contribution in [-0.4, -0.2) is 59.0 Å². The van der Waals surface area contributed by atoms with E-state index in [9.17, 15) is 9.59 Å². The number of fused-ring (bicyclic) bond motifs is 1. The number of benzene rings is 1. The Balaban J connectivity index is 1.70. The van der Waals surface area contributed by atoms with Crippen LogP contribution in [0.25, 0.3) is 32.6 Å². The molecule has 0 aliphatic heterocycles. The number of nitrogens with zero attached hydrogens (tertiary/aromatic N) is 4. The van der Waals surface area contributed by atoms with Crippen molar-refractivity contribution in [3.63, 3.8) is 0 Å². The van der Waals surface area contributed by atoms with Gasteiger partial charge in [0.1, 0.15) is 5.82 Å². The Morgan fingerprint density at radius 1 is 1.03 bits per heavy atom. The summed E-state index contributed by atoms with van der Waals surface area (Å²) in [7, 11) is 3.67. The molecule has 0 spiro atoms. The molecule has 3 amide bonds. The molecule has 1 aromatic carbocycles. The number of hydrogen-bond donors (Lipinski definition) is 3. The third kappa shape index (κ3) is 5.53. The van der Waals surface area contributed by atoms with Crippen molar-refractivity contribution < 1.29 is 9.59 Å². The van der Waals surface area contributed by atoms with Crippen LogP contribution in [0.5, 0.6) is 0 Å². The minimum atomic E-state index is -0.294. The van der Waals surface area contributed by atoms with E-state index in [-0.39, 0.29) is 18.5 Å². The van der Waals surface area contributed by atoms with Crippen LogP contribution in [-0.2, 0) is 4.79 Å². The molecule has 0 saturated carbocycles. The molecular weight excluding hydrogens is 450 g/mol.